The molecule has 2 fully saturated rings. The van der Waals surface area contributed by atoms with E-state index in [1.807, 2.05) is 0 Å². The number of hydrogen-bond acceptors (Lipinski definition) is 3. The van der Waals surface area contributed by atoms with Gasteiger partial charge in [0.25, 0.3) is 0 Å². The SMILES string of the molecule is C[C@@H](NC(=O)NCc1ccc(COC2CCOCC2)cc1)C1CCC1. The first kappa shape index (κ1) is 18.2. The van der Waals surface area contributed by atoms with E-state index < -0.39 is 0 Å². The van der Waals surface area contributed by atoms with Crippen LogP contribution in [0.25, 0.3) is 0 Å². The van der Waals surface area contributed by atoms with E-state index in [0.29, 0.717) is 25.2 Å². The molecule has 5 heteroatoms. The van der Waals surface area contributed by atoms with Crippen LogP contribution in [-0.4, -0.2) is 31.4 Å². The average molecular weight is 346 g/mol. The van der Waals surface area contributed by atoms with Crippen LogP contribution in [-0.2, 0) is 22.6 Å². The average Bonchev–Trinajstić information content (AvgIpc) is 2.58. The van der Waals surface area contributed by atoms with E-state index in [-0.39, 0.29) is 12.1 Å². The second-order valence-corrected chi connectivity index (χ2v) is 7.25. The van der Waals surface area contributed by atoms with Crippen LogP contribution in [0.15, 0.2) is 24.3 Å². The van der Waals surface area contributed by atoms with E-state index in [1.54, 1.807) is 0 Å². The maximum atomic E-state index is 12.0. The first-order chi connectivity index (χ1) is 12.2. The molecule has 0 unspecified atom stereocenters. The normalized spacial score (nSPS) is 19.9. The molecule has 2 N–H and O–H groups in total. The van der Waals surface area contributed by atoms with Gasteiger partial charge in [0.15, 0.2) is 0 Å². The molecule has 0 radical (unpaired) electrons. The van der Waals surface area contributed by atoms with Gasteiger partial charge < -0.3 is 20.1 Å². The zero-order valence-corrected chi connectivity index (χ0v) is 15.1. The van der Waals surface area contributed by atoms with Gasteiger partial charge in [0.1, 0.15) is 0 Å². The Hall–Kier alpha value is -1.59. The van der Waals surface area contributed by atoms with E-state index in [1.165, 1.54) is 24.8 Å². The van der Waals surface area contributed by atoms with E-state index in [9.17, 15) is 4.79 Å². The minimum Gasteiger partial charge on any atom is -0.381 e. The molecule has 1 aliphatic heterocycles. The quantitative estimate of drug-likeness (QED) is 0.796. The Morgan fingerprint density at radius 1 is 1.16 bits per heavy atom. The summed E-state index contributed by atoms with van der Waals surface area (Å²) < 4.78 is 11.3. The Balaban J connectivity index is 1.36. The summed E-state index contributed by atoms with van der Waals surface area (Å²) in [6, 6.07) is 8.44. The molecule has 25 heavy (non-hydrogen) atoms. The van der Waals surface area contributed by atoms with Gasteiger partial charge in [0.2, 0.25) is 0 Å². The molecule has 2 aliphatic rings. The van der Waals surface area contributed by atoms with Gasteiger partial charge in [0, 0.05) is 25.8 Å². The maximum absolute atomic E-state index is 12.0. The molecule has 0 bridgehead atoms. The van der Waals surface area contributed by atoms with Gasteiger partial charge in [-0.25, -0.2) is 4.79 Å². The topological polar surface area (TPSA) is 59.6 Å². The number of rotatable bonds is 7. The third kappa shape index (κ3) is 5.72. The van der Waals surface area contributed by atoms with Gasteiger partial charge in [-0.1, -0.05) is 30.7 Å². The van der Waals surface area contributed by atoms with Crippen molar-refractivity contribution in [3.8, 4) is 0 Å². The first-order valence-electron chi connectivity index (χ1n) is 9.52. The second-order valence-electron chi connectivity index (χ2n) is 7.25. The predicted octanol–water partition coefficient (Wildman–Crippen LogP) is 3.37. The highest BCUT2D eigenvalue weighted by molar-refractivity contribution is 5.74. The van der Waals surface area contributed by atoms with Crippen molar-refractivity contribution in [2.24, 2.45) is 5.92 Å². The summed E-state index contributed by atoms with van der Waals surface area (Å²) in [4.78, 5) is 12.0. The molecule has 1 heterocycles. The summed E-state index contributed by atoms with van der Waals surface area (Å²) in [6.07, 6.45) is 6.05. The molecule has 5 nitrogen and oxygen atoms in total. The summed E-state index contributed by atoms with van der Waals surface area (Å²) in [5.74, 6) is 0.653. The molecule has 1 aliphatic carbocycles. The molecule has 138 valence electrons. The van der Waals surface area contributed by atoms with Crippen molar-refractivity contribution >= 4 is 6.03 Å². The van der Waals surface area contributed by atoms with Gasteiger partial charge in [-0.05, 0) is 49.7 Å². The van der Waals surface area contributed by atoms with E-state index >= 15 is 0 Å². The van der Waals surface area contributed by atoms with E-state index in [2.05, 4.69) is 41.8 Å². The Morgan fingerprint density at radius 3 is 2.48 bits per heavy atom. The number of nitrogens with one attached hydrogen (secondary N) is 2. The van der Waals surface area contributed by atoms with Gasteiger partial charge >= 0.3 is 6.03 Å². The maximum Gasteiger partial charge on any atom is 0.315 e. The number of ether oxygens (including phenoxy) is 2. The van der Waals surface area contributed by atoms with E-state index in [0.717, 1.165) is 31.6 Å². The zero-order valence-electron chi connectivity index (χ0n) is 15.1. The van der Waals surface area contributed by atoms with Crippen molar-refractivity contribution in [2.75, 3.05) is 13.2 Å². The number of benzene rings is 1. The highest BCUT2D eigenvalue weighted by Crippen LogP contribution is 2.29. The molecule has 1 aromatic rings. The van der Waals surface area contributed by atoms with E-state index in [4.69, 9.17) is 9.47 Å². The highest BCUT2D eigenvalue weighted by Gasteiger charge is 2.24. The smallest absolute Gasteiger partial charge is 0.315 e. The Labute approximate surface area is 150 Å². The van der Waals surface area contributed by atoms with Crippen molar-refractivity contribution in [2.45, 2.75) is 64.3 Å². The number of hydrogen-bond donors (Lipinski definition) is 2. The Bertz CT molecular complexity index is 536. The standard InChI is InChI=1S/C20H30N2O3/c1-15(18-3-2-4-18)22-20(23)21-13-16-5-7-17(8-6-16)14-25-19-9-11-24-12-10-19/h5-8,15,18-19H,2-4,9-14H2,1H3,(H2,21,22,23)/t15-/m1/s1. The van der Waals surface area contributed by atoms with Gasteiger partial charge in [-0.3, -0.25) is 0 Å². The number of urea groups is 1. The van der Waals surface area contributed by atoms with Crippen molar-refractivity contribution in [3.63, 3.8) is 0 Å². The third-order valence-electron chi connectivity index (χ3n) is 5.35. The Morgan fingerprint density at radius 2 is 1.84 bits per heavy atom. The molecule has 1 aromatic carbocycles. The fraction of sp³-hybridized carbons (Fsp3) is 0.650. The summed E-state index contributed by atoms with van der Waals surface area (Å²) in [6.45, 7) is 4.88. The molecule has 3 rings (SSSR count). The van der Waals surface area contributed by atoms with Crippen LogP contribution in [0.1, 0.15) is 50.2 Å². The van der Waals surface area contributed by atoms with Crippen LogP contribution in [0.4, 0.5) is 4.79 Å². The predicted molar refractivity (Wildman–Crippen MR) is 97.2 cm³/mol. The largest absolute Gasteiger partial charge is 0.381 e. The fourth-order valence-corrected chi connectivity index (χ4v) is 3.31. The molecule has 1 saturated heterocycles. The van der Waals surface area contributed by atoms with Crippen molar-refractivity contribution in [1.29, 1.82) is 0 Å². The summed E-state index contributed by atoms with van der Waals surface area (Å²) in [7, 11) is 0. The molecule has 1 atom stereocenters. The number of carbonyl (C=O) groups is 1. The molecule has 0 aromatic heterocycles. The lowest BCUT2D eigenvalue weighted by atomic mass is 9.80. The molecule has 0 spiro atoms. The van der Waals surface area contributed by atoms with Gasteiger partial charge in [0.05, 0.1) is 12.7 Å². The summed E-state index contributed by atoms with van der Waals surface area (Å²) in [5, 5.41) is 5.98. The second kappa shape index (κ2) is 9.20. The molecular weight excluding hydrogens is 316 g/mol. The van der Waals surface area contributed by atoms with Crippen LogP contribution in [0.2, 0.25) is 0 Å². The van der Waals surface area contributed by atoms with Crippen LogP contribution >= 0.6 is 0 Å². The van der Waals surface area contributed by atoms with Crippen LogP contribution in [0.3, 0.4) is 0 Å². The van der Waals surface area contributed by atoms with Crippen molar-refractivity contribution in [3.05, 3.63) is 35.4 Å². The lowest BCUT2D eigenvalue weighted by Crippen LogP contribution is -2.45. The molecule has 1 saturated carbocycles. The van der Waals surface area contributed by atoms with Gasteiger partial charge in [-0.2, -0.15) is 0 Å². The van der Waals surface area contributed by atoms with Crippen LogP contribution < -0.4 is 10.6 Å². The summed E-state index contributed by atoms with van der Waals surface area (Å²) >= 11 is 0. The first-order valence-corrected chi connectivity index (χ1v) is 9.52. The minimum absolute atomic E-state index is 0.0775. The summed E-state index contributed by atoms with van der Waals surface area (Å²) in [5.41, 5.74) is 2.26. The van der Waals surface area contributed by atoms with Gasteiger partial charge in [-0.15, -0.1) is 0 Å². The lowest BCUT2D eigenvalue weighted by Gasteiger charge is -2.31. The fourth-order valence-electron chi connectivity index (χ4n) is 3.31. The van der Waals surface area contributed by atoms with Crippen molar-refractivity contribution in [1.82, 2.24) is 10.6 Å². The number of amides is 2. The monoisotopic (exact) mass is 346 g/mol. The molecular formula is C20H30N2O3. The highest BCUT2D eigenvalue weighted by atomic mass is 16.5. The molecule has 2 amide bonds. The van der Waals surface area contributed by atoms with Crippen LogP contribution in [0, 0.1) is 5.92 Å². The minimum atomic E-state index is -0.0775. The number of carbonyl (C=O) groups excluding carboxylic acids is 1. The lowest BCUT2D eigenvalue weighted by molar-refractivity contribution is -0.0390. The van der Waals surface area contributed by atoms with Crippen molar-refractivity contribution < 1.29 is 14.3 Å². The van der Waals surface area contributed by atoms with Crippen LogP contribution in [0.5, 0.6) is 0 Å². The zero-order chi connectivity index (χ0) is 17.5. The third-order valence-corrected chi connectivity index (χ3v) is 5.35. The Kier molecular flexibility index (Phi) is 6.70.